The number of thioether (sulfide) groups is 1. The second-order valence-electron chi connectivity index (χ2n) is 2.54. The highest BCUT2D eigenvalue weighted by molar-refractivity contribution is 8.00. The highest BCUT2D eigenvalue weighted by Gasteiger charge is 2.31. The summed E-state index contributed by atoms with van der Waals surface area (Å²) >= 11 is -0.756. The Hall–Kier alpha value is -1.38. The lowest BCUT2D eigenvalue weighted by Gasteiger charge is -2.05. The number of halogens is 5. The second kappa shape index (κ2) is 4.24. The Morgan fingerprint density at radius 1 is 1.25 bits per heavy atom. The van der Waals surface area contributed by atoms with Gasteiger partial charge in [0.05, 0.1) is 4.92 Å². The van der Waals surface area contributed by atoms with E-state index in [-0.39, 0.29) is 6.07 Å². The van der Waals surface area contributed by atoms with Crippen LogP contribution in [0.1, 0.15) is 0 Å². The monoisotopic (exact) mass is 259 g/mol. The van der Waals surface area contributed by atoms with Gasteiger partial charge in [0.25, 0.3) is 0 Å². The van der Waals surface area contributed by atoms with E-state index in [1.807, 2.05) is 0 Å². The van der Waals surface area contributed by atoms with Crippen LogP contribution in [-0.2, 0) is 0 Å². The fourth-order valence-electron chi connectivity index (χ4n) is 0.876. The minimum atomic E-state index is -4.72. The number of nitro groups is 1. The molecule has 0 aliphatic carbocycles. The molecule has 0 heterocycles. The van der Waals surface area contributed by atoms with Crippen LogP contribution < -0.4 is 0 Å². The van der Waals surface area contributed by atoms with Crippen LogP contribution in [-0.4, -0.2) is 10.4 Å². The zero-order chi connectivity index (χ0) is 12.5. The molecule has 3 nitrogen and oxygen atoms in total. The van der Waals surface area contributed by atoms with E-state index in [2.05, 4.69) is 0 Å². The van der Waals surface area contributed by atoms with Gasteiger partial charge in [-0.15, -0.1) is 0 Å². The molecule has 88 valence electrons. The molecule has 0 amide bonds. The zero-order valence-electron chi connectivity index (χ0n) is 7.22. The van der Waals surface area contributed by atoms with E-state index in [9.17, 15) is 32.1 Å². The molecule has 0 saturated heterocycles. The van der Waals surface area contributed by atoms with Crippen molar-refractivity contribution in [3.05, 3.63) is 33.9 Å². The molecule has 0 aliphatic rings. The number of rotatable bonds is 2. The third kappa shape index (κ3) is 3.05. The van der Waals surface area contributed by atoms with Gasteiger partial charge in [0.2, 0.25) is 5.82 Å². The molecule has 0 spiro atoms. The van der Waals surface area contributed by atoms with Gasteiger partial charge in [-0.3, -0.25) is 10.1 Å². The lowest BCUT2D eigenvalue weighted by molar-refractivity contribution is -0.388. The summed E-state index contributed by atoms with van der Waals surface area (Å²) in [6, 6.07) is 0.580. The third-order valence-corrected chi connectivity index (χ3v) is 2.12. The van der Waals surface area contributed by atoms with E-state index in [0.717, 1.165) is 0 Å². The van der Waals surface area contributed by atoms with Gasteiger partial charge in [-0.1, -0.05) is 0 Å². The first kappa shape index (κ1) is 12.7. The lowest BCUT2D eigenvalue weighted by atomic mass is 10.3. The summed E-state index contributed by atoms with van der Waals surface area (Å²) in [5, 5.41) is 10.2. The SMILES string of the molecule is O=[N+]([O-])c1cc(SC(F)(F)F)cc(F)c1F. The number of alkyl halides is 3. The van der Waals surface area contributed by atoms with Crippen LogP contribution in [0.25, 0.3) is 0 Å². The van der Waals surface area contributed by atoms with Crippen molar-refractivity contribution in [3.8, 4) is 0 Å². The standard InChI is InChI=1S/C7H2F5NO2S/c8-4-1-3(16-7(10,11)12)2-5(6(4)9)13(14)15/h1-2H. The summed E-state index contributed by atoms with van der Waals surface area (Å²) < 4.78 is 61.1. The van der Waals surface area contributed by atoms with Gasteiger partial charge >= 0.3 is 11.2 Å². The molecule has 0 bridgehead atoms. The van der Waals surface area contributed by atoms with E-state index in [1.165, 1.54) is 0 Å². The normalized spacial score (nSPS) is 11.6. The molecular formula is C7H2F5NO2S. The van der Waals surface area contributed by atoms with Gasteiger partial charge in [0.15, 0.2) is 5.82 Å². The smallest absolute Gasteiger partial charge is 0.258 e. The molecule has 0 fully saturated rings. The van der Waals surface area contributed by atoms with Crippen LogP contribution in [0.4, 0.5) is 27.6 Å². The number of hydrogen-bond donors (Lipinski definition) is 0. The fraction of sp³-hybridized carbons (Fsp3) is 0.143. The maximum atomic E-state index is 12.8. The van der Waals surface area contributed by atoms with Gasteiger partial charge in [0.1, 0.15) is 0 Å². The summed E-state index contributed by atoms with van der Waals surface area (Å²) in [6.07, 6.45) is 0. The highest BCUT2D eigenvalue weighted by Crippen LogP contribution is 2.39. The van der Waals surface area contributed by atoms with Crippen LogP contribution in [0.3, 0.4) is 0 Å². The molecule has 0 unspecified atom stereocenters. The number of nitrogens with zero attached hydrogens (tertiary/aromatic N) is 1. The maximum Gasteiger partial charge on any atom is 0.446 e. The summed E-state index contributed by atoms with van der Waals surface area (Å²) in [5.74, 6) is -3.47. The van der Waals surface area contributed by atoms with Crippen LogP contribution in [0.2, 0.25) is 0 Å². The first-order valence-corrected chi connectivity index (χ1v) is 4.41. The zero-order valence-corrected chi connectivity index (χ0v) is 8.03. The molecule has 0 atom stereocenters. The maximum absolute atomic E-state index is 12.8. The van der Waals surface area contributed by atoms with E-state index in [0.29, 0.717) is 6.07 Å². The summed E-state index contributed by atoms with van der Waals surface area (Å²) in [7, 11) is 0. The molecule has 0 aromatic heterocycles. The Morgan fingerprint density at radius 3 is 2.25 bits per heavy atom. The van der Waals surface area contributed by atoms with E-state index >= 15 is 0 Å². The van der Waals surface area contributed by atoms with Crippen molar-refractivity contribution in [1.29, 1.82) is 0 Å². The molecule has 1 rings (SSSR count). The first-order valence-electron chi connectivity index (χ1n) is 3.60. The Balaban J connectivity index is 3.19. The molecule has 0 aliphatic heterocycles. The van der Waals surface area contributed by atoms with E-state index < -0.39 is 44.4 Å². The molecule has 1 aromatic carbocycles. The summed E-state index contributed by atoms with van der Waals surface area (Å²) in [6.45, 7) is 0. The van der Waals surface area contributed by atoms with Gasteiger partial charge in [-0.25, -0.2) is 4.39 Å². The van der Waals surface area contributed by atoms with Crippen molar-refractivity contribution in [2.24, 2.45) is 0 Å². The van der Waals surface area contributed by atoms with Crippen molar-refractivity contribution in [2.45, 2.75) is 10.4 Å². The molecule has 9 heteroatoms. The third-order valence-electron chi connectivity index (χ3n) is 1.41. The summed E-state index contributed by atoms with van der Waals surface area (Å²) in [4.78, 5) is 8.13. The Kier molecular flexibility index (Phi) is 3.36. The van der Waals surface area contributed by atoms with Crippen molar-refractivity contribution in [2.75, 3.05) is 0 Å². The average molecular weight is 259 g/mol. The highest BCUT2D eigenvalue weighted by atomic mass is 32.2. The van der Waals surface area contributed by atoms with Gasteiger partial charge in [-0.2, -0.15) is 17.6 Å². The number of benzene rings is 1. The molecule has 0 N–H and O–H groups in total. The minimum Gasteiger partial charge on any atom is -0.258 e. The predicted octanol–water partition coefficient (Wildman–Crippen LogP) is 3.48. The molecular weight excluding hydrogens is 257 g/mol. The first-order chi connectivity index (χ1) is 7.20. The predicted molar refractivity (Wildman–Crippen MR) is 44.9 cm³/mol. The second-order valence-corrected chi connectivity index (χ2v) is 3.68. The average Bonchev–Trinajstić information content (AvgIpc) is 2.07. The van der Waals surface area contributed by atoms with Crippen molar-refractivity contribution in [3.63, 3.8) is 0 Å². The van der Waals surface area contributed by atoms with Crippen molar-refractivity contribution >= 4 is 17.4 Å². The molecule has 0 radical (unpaired) electrons. The van der Waals surface area contributed by atoms with Gasteiger partial charge < -0.3 is 0 Å². The Bertz CT molecular complexity index is 434. The van der Waals surface area contributed by atoms with Crippen LogP contribution in [0.5, 0.6) is 0 Å². The van der Waals surface area contributed by atoms with E-state index in [1.54, 1.807) is 0 Å². The molecule has 1 aromatic rings. The van der Waals surface area contributed by atoms with Crippen LogP contribution in [0, 0.1) is 21.7 Å². The quantitative estimate of drug-likeness (QED) is 0.353. The van der Waals surface area contributed by atoms with Crippen LogP contribution in [0.15, 0.2) is 17.0 Å². The molecule has 0 saturated carbocycles. The van der Waals surface area contributed by atoms with Gasteiger partial charge in [0, 0.05) is 11.0 Å². The molecule has 16 heavy (non-hydrogen) atoms. The number of nitro benzene ring substituents is 1. The van der Waals surface area contributed by atoms with Gasteiger partial charge in [-0.05, 0) is 17.8 Å². The van der Waals surface area contributed by atoms with Crippen molar-refractivity contribution < 1.29 is 26.9 Å². The minimum absolute atomic E-state index is 0.250. The van der Waals surface area contributed by atoms with E-state index in [4.69, 9.17) is 0 Å². The largest absolute Gasteiger partial charge is 0.446 e. The number of hydrogen-bond acceptors (Lipinski definition) is 3. The topological polar surface area (TPSA) is 43.1 Å². The Morgan fingerprint density at radius 2 is 1.81 bits per heavy atom. The van der Waals surface area contributed by atoms with Crippen LogP contribution >= 0.6 is 11.8 Å². The Labute approximate surface area is 89.4 Å². The summed E-state index contributed by atoms with van der Waals surface area (Å²) in [5.41, 5.74) is -6.05. The lowest BCUT2D eigenvalue weighted by Crippen LogP contribution is -2.01. The fourth-order valence-corrected chi connectivity index (χ4v) is 1.48. The van der Waals surface area contributed by atoms with Crippen molar-refractivity contribution in [1.82, 2.24) is 0 Å².